The van der Waals surface area contributed by atoms with Crippen LogP contribution < -0.4 is 14.2 Å². The van der Waals surface area contributed by atoms with Crippen molar-refractivity contribution in [2.45, 2.75) is 38.8 Å². The Labute approximate surface area is 220 Å². The number of ketones is 1. The minimum atomic E-state index is -0.799. The van der Waals surface area contributed by atoms with E-state index in [4.69, 9.17) is 14.2 Å². The van der Waals surface area contributed by atoms with E-state index in [2.05, 4.69) is 6.92 Å². The van der Waals surface area contributed by atoms with E-state index in [1.165, 1.54) is 30.5 Å². The van der Waals surface area contributed by atoms with Gasteiger partial charge in [-0.2, -0.15) is 0 Å². The summed E-state index contributed by atoms with van der Waals surface area (Å²) < 4.78 is 16.6. The minimum Gasteiger partial charge on any atom is -0.507 e. The molecule has 1 saturated heterocycles. The molecule has 1 unspecified atom stereocenters. The van der Waals surface area contributed by atoms with Gasteiger partial charge in [0.25, 0.3) is 11.7 Å². The molecule has 1 aromatic heterocycles. The van der Waals surface area contributed by atoms with Gasteiger partial charge < -0.3 is 24.2 Å². The second-order valence-corrected chi connectivity index (χ2v) is 9.73. The second-order valence-electron chi connectivity index (χ2n) is 8.70. The van der Waals surface area contributed by atoms with Gasteiger partial charge in [-0.1, -0.05) is 31.9 Å². The summed E-state index contributed by atoms with van der Waals surface area (Å²) in [7, 11) is 3.06. The first-order chi connectivity index (χ1) is 18.0. The molecule has 2 aromatic carbocycles. The van der Waals surface area contributed by atoms with Gasteiger partial charge in [-0.15, -0.1) is 11.3 Å². The topological polar surface area (TPSA) is 85.3 Å². The summed E-state index contributed by atoms with van der Waals surface area (Å²) in [6.45, 7) is 2.99. The lowest BCUT2D eigenvalue weighted by Gasteiger charge is -2.25. The predicted molar refractivity (Wildman–Crippen MR) is 143 cm³/mol. The van der Waals surface area contributed by atoms with Gasteiger partial charge in [-0.05, 0) is 59.8 Å². The molecule has 0 spiro atoms. The van der Waals surface area contributed by atoms with E-state index < -0.39 is 17.7 Å². The van der Waals surface area contributed by atoms with Crippen molar-refractivity contribution in [3.8, 4) is 17.2 Å². The molecule has 1 atom stereocenters. The molecule has 1 fully saturated rings. The Hall–Kier alpha value is -3.78. The number of thiophene rings is 1. The van der Waals surface area contributed by atoms with Gasteiger partial charge in [-0.25, -0.2) is 0 Å². The molecule has 1 aliphatic rings. The molecule has 37 heavy (non-hydrogen) atoms. The molecule has 0 radical (unpaired) electrons. The first kappa shape index (κ1) is 26.3. The largest absolute Gasteiger partial charge is 0.507 e. The number of aliphatic hydroxyl groups excluding tert-OH is 1. The van der Waals surface area contributed by atoms with Crippen LogP contribution >= 0.6 is 11.3 Å². The molecule has 0 bridgehead atoms. The highest BCUT2D eigenvalue weighted by atomic mass is 32.1. The molecule has 1 aliphatic heterocycles. The van der Waals surface area contributed by atoms with Crippen molar-refractivity contribution in [3.63, 3.8) is 0 Å². The Balaban J connectivity index is 1.74. The number of hydrogen-bond acceptors (Lipinski definition) is 7. The number of aliphatic hydroxyl groups is 1. The lowest BCUT2D eigenvalue weighted by molar-refractivity contribution is -0.140. The molecule has 0 aliphatic carbocycles. The molecular weight excluding hydrogens is 490 g/mol. The first-order valence-corrected chi connectivity index (χ1v) is 13.1. The van der Waals surface area contributed by atoms with Crippen molar-refractivity contribution in [3.05, 3.63) is 81.6 Å². The minimum absolute atomic E-state index is 0.0328. The van der Waals surface area contributed by atoms with Crippen LogP contribution in [0.4, 0.5) is 0 Å². The Morgan fingerprint density at radius 1 is 1.00 bits per heavy atom. The van der Waals surface area contributed by atoms with Crippen molar-refractivity contribution >= 4 is 28.8 Å². The summed E-state index contributed by atoms with van der Waals surface area (Å²) in [4.78, 5) is 28.9. The number of amides is 1. The number of likely N-dealkylation sites (tertiary alicyclic amines) is 1. The van der Waals surface area contributed by atoms with E-state index in [9.17, 15) is 14.7 Å². The van der Waals surface area contributed by atoms with Gasteiger partial charge >= 0.3 is 0 Å². The number of rotatable bonds is 11. The molecule has 8 heteroatoms. The molecule has 3 aromatic rings. The highest BCUT2D eigenvalue weighted by Crippen LogP contribution is 2.43. The monoisotopic (exact) mass is 521 g/mol. The van der Waals surface area contributed by atoms with E-state index >= 15 is 0 Å². The van der Waals surface area contributed by atoms with Crippen molar-refractivity contribution < 1.29 is 28.9 Å². The number of hydrogen-bond donors (Lipinski definition) is 1. The second kappa shape index (κ2) is 12.0. The van der Waals surface area contributed by atoms with Gasteiger partial charge in [0.2, 0.25) is 0 Å². The number of carbonyl (C=O) groups is 2. The van der Waals surface area contributed by atoms with Crippen LogP contribution in [0.25, 0.3) is 5.76 Å². The summed E-state index contributed by atoms with van der Waals surface area (Å²) in [6.07, 6.45) is 3.18. The molecule has 1 N–H and O–H groups in total. The van der Waals surface area contributed by atoms with Crippen molar-refractivity contribution in [1.29, 1.82) is 0 Å². The number of methoxy groups -OCH3 is 2. The van der Waals surface area contributed by atoms with Crippen LogP contribution in [-0.4, -0.2) is 42.5 Å². The zero-order chi connectivity index (χ0) is 26.4. The standard InChI is InChI=1S/C29H31NO6S/c1-4-5-6-15-36-21-12-9-19(10-13-21)27(31)25-26(20-11-14-23(34-2)24(17-20)35-3)30(29(33)28(25)32)18-22-8-7-16-37-22/h7-14,16-17,26,31H,4-6,15,18H2,1-3H3/b27-25-. The number of benzene rings is 2. The van der Waals surface area contributed by atoms with Crippen molar-refractivity contribution in [2.24, 2.45) is 0 Å². The zero-order valence-electron chi connectivity index (χ0n) is 21.2. The maximum Gasteiger partial charge on any atom is 0.295 e. The van der Waals surface area contributed by atoms with Crippen LogP contribution in [0.2, 0.25) is 0 Å². The fourth-order valence-corrected chi connectivity index (χ4v) is 5.09. The molecule has 4 rings (SSSR count). The Kier molecular flexibility index (Phi) is 8.50. The third kappa shape index (κ3) is 5.64. The normalized spacial score (nSPS) is 16.7. The average molecular weight is 522 g/mol. The fourth-order valence-electron chi connectivity index (χ4n) is 4.39. The SMILES string of the molecule is CCCCCOc1ccc(/C(O)=C2/C(=O)C(=O)N(Cc3cccs3)C2c2ccc(OC)c(OC)c2)cc1. The Bertz CT molecular complexity index is 1270. The number of Topliss-reactive ketones (excluding diaryl/α,β-unsaturated/α-hetero) is 1. The van der Waals surface area contributed by atoms with Gasteiger partial charge in [0.05, 0.1) is 39.0 Å². The summed E-state index contributed by atoms with van der Waals surface area (Å²) in [5.41, 5.74) is 1.09. The molecule has 7 nitrogen and oxygen atoms in total. The Morgan fingerprint density at radius 2 is 1.76 bits per heavy atom. The lowest BCUT2D eigenvalue weighted by Crippen LogP contribution is -2.28. The van der Waals surface area contributed by atoms with E-state index in [1.54, 1.807) is 42.5 Å². The molecule has 2 heterocycles. The first-order valence-electron chi connectivity index (χ1n) is 12.2. The van der Waals surface area contributed by atoms with Crippen LogP contribution in [-0.2, 0) is 16.1 Å². The highest BCUT2D eigenvalue weighted by molar-refractivity contribution is 7.09. The van der Waals surface area contributed by atoms with Crippen LogP contribution in [0.5, 0.6) is 17.2 Å². The highest BCUT2D eigenvalue weighted by Gasteiger charge is 2.46. The quantitative estimate of drug-likeness (QED) is 0.145. The van der Waals surface area contributed by atoms with Crippen molar-refractivity contribution in [2.75, 3.05) is 20.8 Å². The Morgan fingerprint density at radius 3 is 2.41 bits per heavy atom. The molecule has 194 valence electrons. The van der Waals surface area contributed by atoms with Crippen LogP contribution in [0.1, 0.15) is 48.2 Å². The van der Waals surface area contributed by atoms with E-state index in [0.29, 0.717) is 35.0 Å². The van der Waals surface area contributed by atoms with Gasteiger partial charge in [0.15, 0.2) is 11.5 Å². The van der Waals surface area contributed by atoms with Gasteiger partial charge in [-0.3, -0.25) is 9.59 Å². The van der Waals surface area contributed by atoms with E-state index in [-0.39, 0.29) is 17.9 Å². The number of nitrogens with zero attached hydrogens (tertiary/aromatic N) is 1. The zero-order valence-corrected chi connectivity index (χ0v) is 22.0. The van der Waals surface area contributed by atoms with E-state index in [1.807, 2.05) is 17.5 Å². The summed E-state index contributed by atoms with van der Waals surface area (Å²) in [6, 6.07) is 15.2. The molecular formula is C29H31NO6S. The fraction of sp³-hybridized carbons (Fsp3) is 0.310. The predicted octanol–water partition coefficient (Wildman–Crippen LogP) is 5.96. The van der Waals surface area contributed by atoms with Crippen LogP contribution in [0.15, 0.2) is 65.6 Å². The van der Waals surface area contributed by atoms with Crippen molar-refractivity contribution in [1.82, 2.24) is 4.90 Å². The number of unbranched alkanes of at least 4 members (excludes halogenated alkanes) is 2. The maximum absolute atomic E-state index is 13.3. The summed E-state index contributed by atoms with van der Waals surface area (Å²) in [5, 5.41) is 13.3. The average Bonchev–Trinajstić information content (AvgIpc) is 3.53. The maximum atomic E-state index is 13.3. The summed E-state index contributed by atoms with van der Waals surface area (Å²) >= 11 is 1.50. The lowest BCUT2D eigenvalue weighted by atomic mass is 9.95. The van der Waals surface area contributed by atoms with Gasteiger partial charge in [0, 0.05) is 10.4 Å². The summed E-state index contributed by atoms with van der Waals surface area (Å²) in [5.74, 6) is 0.0493. The van der Waals surface area contributed by atoms with Crippen LogP contribution in [0.3, 0.4) is 0 Å². The smallest absolute Gasteiger partial charge is 0.295 e. The number of carbonyl (C=O) groups excluding carboxylic acids is 2. The third-order valence-electron chi connectivity index (χ3n) is 6.31. The number of ether oxygens (including phenoxy) is 3. The van der Waals surface area contributed by atoms with E-state index in [0.717, 1.165) is 24.1 Å². The van der Waals surface area contributed by atoms with Gasteiger partial charge in [0.1, 0.15) is 11.5 Å². The molecule has 0 saturated carbocycles. The van der Waals surface area contributed by atoms with Crippen LogP contribution in [0, 0.1) is 0 Å². The molecule has 1 amide bonds. The third-order valence-corrected chi connectivity index (χ3v) is 7.18.